The van der Waals surface area contributed by atoms with E-state index in [0.717, 1.165) is 5.56 Å². The number of halogens is 1. The van der Waals surface area contributed by atoms with Crippen molar-refractivity contribution in [1.29, 1.82) is 0 Å². The zero-order valence-electron chi connectivity index (χ0n) is 10.9. The molecule has 1 spiro atoms. The molecule has 7 heteroatoms. The third-order valence-electron chi connectivity index (χ3n) is 3.69. The highest BCUT2D eigenvalue weighted by Crippen LogP contribution is 2.33. The summed E-state index contributed by atoms with van der Waals surface area (Å²) in [4.78, 5) is 17.3. The summed E-state index contributed by atoms with van der Waals surface area (Å²) in [6.45, 7) is 0.361. The predicted molar refractivity (Wildman–Crippen MR) is 73.2 cm³/mol. The average molecular weight is 296 g/mol. The van der Waals surface area contributed by atoms with Crippen molar-refractivity contribution in [3.05, 3.63) is 34.9 Å². The van der Waals surface area contributed by atoms with Gasteiger partial charge in [-0.15, -0.1) is 0 Å². The number of nitrogens with zero attached hydrogens (tertiary/aromatic N) is 2. The summed E-state index contributed by atoms with van der Waals surface area (Å²) in [5, 5.41) is 0.646. The van der Waals surface area contributed by atoms with Gasteiger partial charge in [0.2, 0.25) is 0 Å². The van der Waals surface area contributed by atoms with E-state index in [1.165, 1.54) is 0 Å². The summed E-state index contributed by atoms with van der Waals surface area (Å²) in [6, 6.07) is 7.19. The first-order valence-corrected chi connectivity index (χ1v) is 6.52. The Labute approximate surface area is 121 Å². The van der Waals surface area contributed by atoms with Crippen molar-refractivity contribution in [2.75, 3.05) is 20.3 Å². The monoisotopic (exact) mass is 295 g/mol. The second kappa shape index (κ2) is 4.73. The third-order valence-corrected chi connectivity index (χ3v) is 3.94. The zero-order valence-corrected chi connectivity index (χ0v) is 11.6. The van der Waals surface area contributed by atoms with E-state index in [4.69, 9.17) is 26.8 Å². The average Bonchev–Trinajstić information content (AvgIpc) is 2.65. The van der Waals surface area contributed by atoms with Gasteiger partial charge in [-0.3, -0.25) is 4.79 Å². The summed E-state index contributed by atoms with van der Waals surface area (Å²) >= 11 is 5.84. The normalized spacial score (nSPS) is 29.9. The van der Waals surface area contributed by atoms with Gasteiger partial charge in [0, 0.05) is 17.6 Å². The van der Waals surface area contributed by atoms with E-state index in [1.54, 1.807) is 24.1 Å². The molecule has 1 fully saturated rings. The van der Waals surface area contributed by atoms with Crippen LogP contribution in [0.25, 0.3) is 0 Å². The highest BCUT2D eigenvalue weighted by Gasteiger charge is 2.51. The van der Waals surface area contributed by atoms with Crippen molar-refractivity contribution in [2.45, 2.75) is 11.8 Å². The van der Waals surface area contributed by atoms with Crippen molar-refractivity contribution in [3.63, 3.8) is 0 Å². The molecule has 1 aromatic rings. The van der Waals surface area contributed by atoms with E-state index < -0.39 is 11.8 Å². The van der Waals surface area contributed by atoms with E-state index in [9.17, 15) is 4.79 Å². The van der Waals surface area contributed by atoms with Crippen molar-refractivity contribution in [3.8, 4) is 0 Å². The fourth-order valence-corrected chi connectivity index (χ4v) is 2.42. The van der Waals surface area contributed by atoms with Crippen LogP contribution in [-0.2, 0) is 14.3 Å². The molecule has 1 amide bonds. The van der Waals surface area contributed by atoms with Crippen LogP contribution in [0.1, 0.15) is 11.9 Å². The molecule has 0 unspecified atom stereocenters. The molecule has 0 aliphatic carbocycles. The van der Waals surface area contributed by atoms with E-state index in [1.807, 2.05) is 12.1 Å². The third kappa shape index (κ3) is 1.96. The van der Waals surface area contributed by atoms with Gasteiger partial charge in [0.05, 0.1) is 13.2 Å². The predicted octanol–water partition coefficient (Wildman–Crippen LogP) is 0.911. The number of carbonyl (C=O) groups is 1. The van der Waals surface area contributed by atoms with E-state index in [0.29, 0.717) is 5.02 Å². The van der Waals surface area contributed by atoms with Gasteiger partial charge in [0.1, 0.15) is 0 Å². The van der Waals surface area contributed by atoms with Crippen LogP contribution in [0.5, 0.6) is 0 Å². The summed E-state index contributed by atoms with van der Waals surface area (Å²) in [6.07, 6.45) is -0.513. The van der Waals surface area contributed by atoms with Crippen molar-refractivity contribution in [1.82, 2.24) is 4.90 Å². The SMILES string of the molecule is CN1C(N)=NC(=O)C12COC(c1ccc(Cl)cc1)OC2. The number of hydrogen-bond acceptors (Lipinski definition) is 5. The molecule has 0 radical (unpaired) electrons. The molecular weight excluding hydrogens is 282 g/mol. The molecule has 0 saturated carbocycles. The number of nitrogens with two attached hydrogens (primary N) is 1. The van der Waals surface area contributed by atoms with Crippen LogP contribution in [-0.4, -0.2) is 42.6 Å². The lowest BCUT2D eigenvalue weighted by Crippen LogP contribution is -2.60. The molecule has 0 aromatic heterocycles. The molecule has 0 bridgehead atoms. The van der Waals surface area contributed by atoms with Gasteiger partial charge in [-0.25, -0.2) is 0 Å². The van der Waals surface area contributed by atoms with Gasteiger partial charge in [-0.2, -0.15) is 4.99 Å². The first-order valence-electron chi connectivity index (χ1n) is 6.14. The topological polar surface area (TPSA) is 77.2 Å². The number of guanidine groups is 1. The van der Waals surface area contributed by atoms with E-state index in [-0.39, 0.29) is 25.1 Å². The van der Waals surface area contributed by atoms with Crippen LogP contribution in [0, 0.1) is 0 Å². The van der Waals surface area contributed by atoms with Crippen molar-refractivity contribution in [2.24, 2.45) is 10.7 Å². The lowest BCUT2D eigenvalue weighted by molar-refractivity contribution is -0.224. The Morgan fingerprint density at radius 2 is 1.95 bits per heavy atom. The zero-order chi connectivity index (χ0) is 14.3. The summed E-state index contributed by atoms with van der Waals surface area (Å²) in [5.74, 6) is -0.140. The van der Waals surface area contributed by atoms with E-state index >= 15 is 0 Å². The Kier molecular flexibility index (Phi) is 3.16. The lowest BCUT2D eigenvalue weighted by atomic mass is 9.99. The molecule has 2 aliphatic heterocycles. The van der Waals surface area contributed by atoms with Crippen LogP contribution in [0.15, 0.2) is 29.3 Å². The molecule has 2 aliphatic rings. The Bertz CT molecular complexity index is 565. The molecule has 3 rings (SSSR count). The van der Waals surface area contributed by atoms with Crippen molar-refractivity contribution >= 4 is 23.5 Å². The summed E-state index contributed by atoms with van der Waals surface area (Å²) < 4.78 is 11.3. The van der Waals surface area contributed by atoms with Crippen LogP contribution >= 0.6 is 11.6 Å². The number of rotatable bonds is 1. The van der Waals surface area contributed by atoms with Gasteiger partial charge in [-0.05, 0) is 12.1 Å². The molecule has 0 atom stereocenters. The number of aliphatic imine (C=N–C) groups is 1. The van der Waals surface area contributed by atoms with Crippen LogP contribution < -0.4 is 5.73 Å². The number of benzene rings is 1. The fourth-order valence-electron chi connectivity index (χ4n) is 2.29. The quantitative estimate of drug-likeness (QED) is 0.833. The fraction of sp³-hybridized carbons (Fsp3) is 0.385. The van der Waals surface area contributed by atoms with Gasteiger partial charge in [0.25, 0.3) is 5.91 Å². The number of amides is 1. The minimum atomic E-state index is -0.937. The first kappa shape index (κ1) is 13.4. The highest BCUT2D eigenvalue weighted by molar-refractivity contribution is 6.30. The molecule has 6 nitrogen and oxygen atoms in total. The maximum Gasteiger partial charge on any atom is 0.279 e. The highest BCUT2D eigenvalue weighted by atomic mass is 35.5. The first-order chi connectivity index (χ1) is 9.53. The number of ether oxygens (including phenoxy) is 2. The molecule has 2 heterocycles. The van der Waals surface area contributed by atoms with E-state index in [2.05, 4.69) is 4.99 Å². The smallest absolute Gasteiger partial charge is 0.279 e. The Morgan fingerprint density at radius 1 is 1.35 bits per heavy atom. The van der Waals surface area contributed by atoms with Crippen LogP contribution in [0.2, 0.25) is 5.02 Å². The molecule has 2 N–H and O–H groups in total. The maximum absolute atomic E-state index is 12.0. The number of carbonyl (C=O) groups excluding carboxylic acids is 1. The Balaban J connectivity index is 1.74. The number of likely N-dealkylation sites (N-methyl/N-ethyl adjacent to an activating group) is 1. The van der Waals surface area contributed by atoms with Gasteiger partial charge in [0.15, 0.2) is 17.8 Å². The standard InChI is InChI=1S/C13H14ClN3O3/c1-17-12(15)16-11(18)13(17)6-19-10(20-7-13)8-2-4-9(14)5-3-8/h2-5,10H,6-7H2,1H3,(H2,15,16,18). The number of hydrogen-bond donors (Lipinski definition) is 1. The molecular formula is C13H14ClN3O3. The molecule has 1 aromatic carbocycles. The second-order valence-corrected chi connectivity index (χ2v) is 5.31. The minimum Gasteiger partial charge on any atom is -0.369 e. The van der Waals surface area contributed by atoms with Crippen molar-refractivity contribution < 1.29 is 14.3 Å². The van der Waals surface area contributed by atoms with Gasteiger partial charge in [-0.1, -0.05) is 23.7 Å². The summed E-state index contributed by atoms with van der Waals surface area (Å²) in [7, 11) is 1.71. The molecule has 1 saturated heterocycles. The Morgan fingerprint density at radius 3 is 2.45 bits per heavy atom. The minimum absolute atomic E-state index is 0.180. The largest absolute Gasteiger partial charge is 0.369 e. The maximum atomic E-state index is 12.0. The summed E-state index contributed by atoms with van der Waals surface area (Å²) in [5.41, 5.74) is 5.58. The van der Waals surface area contributed by atoms with Gasteiger partial charge < -0.3 is 20.1 Å². The van der Waals surface area contributed by atoms with Crippen LogP contribution in [0.4, 0.5) is 0 Å². The lowest BCUT2D eigenvalue weighted by Gasteiger charge is -2.40. The molecule has 106 valence electrons. The van der Waals surface area contributed by atoms with Crippen LogP contribution in [0.3, 0.4) is 0 Å². The second-order valence-electron chi connectivity index (χ2n) is 4.87. The molecule has 20 heavy (non-hydrogen) atoms. The van der Waals surface area contributed by atoms with Gasteiger partial charge >= 0.3 is 0 Å². The Hall–Kier alpha value is -1.63.